The molecule has 0 amide bonds. The van der Waals surface area contributed by atoms with Gasteiger partial charge in [-0.2, -0.15) is 0 Å². The number of alkyl halides is 1. The van der Waals surface area contributed by atoms with Crippen LogP contribution in [0.25, 0.3) is 0 Å². The Morgan fingerprint density at radius 3 is 2.00 bits per heavy atom. The van der Waals surface area contributed by atoms with Crippen molar-refractivity contribution in [2.45, 2.75) is 39.7 Å². The third-order valence-electron chi connectivity index (χ3n) is 2.21. The first-order valence-corrected chi connectivity index (χ1v) is 8.04. The summed E-state index contributed by atoms with van der Waals surface area (Å²) in [6, 6.07) is 0. The lowest BCUT2D eigenvalue weighted by atomic mass is 10.2. The fourth-order valence-corrected chi connectivity index (χ4v) is 4.15. The van der Waals surface area contributed by atoms with Gasteiger partial charge in [0.05, 0.1) is 5.60 Å². The van der Waals surface area contributed by atoms with Crippen molar-refractivity contribution in [2.75, 3.05) is 33.1 Å². The maximum absolute atomic E-state index is 13.0. The molecule has 0 N–H and O–H groups in total. The van der Waals surface area contributed by atoms with E-state index in [0.29, 0.717) is 12.4 Å². The zero-order valence-corrected chi connectivity index (χ0v) is 13.5. The minimum Gasteiger partial charge on any atom is -0.300 e. The summed E-state index contributed by atoms with van der Waals surface area (Å²) in [5, 5.41) is 0. The highest BCUT2D eigenvalue weighted by Gasteiger charge is 2.37. The van der Waals surface area contributed by atoms with Gasteiger partial charge in [-0.05, 0) is 41.3 Å². The van der Waals surface area contributed by atoms with Crippen molar-refractivity contribution in [3.63, 3.8) is 0 Å². The summed E-state index contributed by atoms with van der Waals surface area (Å²) in [6.07, 6.45) is 0.933. The van der Waals surface area contributed by atoms with Gasteiger partial charge >= 0.3 is 7.67 Å². The first-order chi connectivity index (χ1) is 7.67. The Balaban J connectivity index is 4.99. The molecule has 0 rings (SSSR count). The molecular formula is C11H26ClN2O2P. The maximum atomic E-state index is 13.0. The van der Waals surface area contributed by atoms with Gasteiger partial charge in [0.1, 0.15) is 0 Å². The van der Waals surface area contributed by atoms with Crippen LogP contribution >= 0.6 is 19.3 Å². The molecule has 4 nitrogen and oxygen atoms in total. The van der Waals surface area contributed by atoms with Crippen LogP contribution in [0.1, 0.15) is 34.1 Å². The van der Waals surface area contributed by atoms with Crippen molar-refractivity contribution in [1.29, 1.82) is 0 Å². The predicted molar refractivity (Wildman–Crippen MR) is 74.7 cm³/mol. The summed E-state index contributed by atoms with van der Waals surface area (Å²) in [7, 11) is 0.653. The lowest BCUT2D eigenvalue weighted by molar-refractivity contribution is 0.0999. The highest BCUT2D eigenvalue weighted by molar-refractivity contribution is 7.53. The second kappa shape index (κ2) is 7.10. The molecule has 0 bridgehead atoms. The molecule has 0 fully saturated rings. The van der Waals surface area contributed by atoms with E-state index in [1.54, 1.807) is 16.4 Å². The average Bonchev–Trinajstić information content (AvgIpc) is 2.15. The van der Waals surface area contributed by atoms with E-state index in [1.807, 2.05) is 27.8 Å². The molecule has 0 aliphatic rings. The molecule has 6 heteroatoms. The van der Waals surface area contributed by atoms with Crippen LogP contribution in [0, 0.1) is 0 Å². The zero-order chi connectivity index (χ0) is 13.7. The van der Waals surface area contributed by atoms with Crippen LogP contribution in [0.15, 0.2) is 0 Å². The van der Waals surface area contributed by atoms with Gasteiger partial charge in [-0.3, -0.25) is 4.57 Å². The third kappa shape index (κ3) is 5.71. The molecule has 0 saturated heterocycles. The molecule has 1 unspecified atom stereocenters. The minimum absolute atomic E-state index is 0.438. The second-order valence-corrected chi connectivity index (χ2v) is 8.05. The van der Waals surface area contributed by atoms with Gasteiger partial charge in [0.15, 0.2) is 0 Å². The predicted octanol–water partition coefficient (Wildman–Crippen LogP) is 3.42. The smallest absolute Gasteiger partial charge is 0.300 e. The molecule has 0 aromatic rings. The van der Waals surface area contributed by atoms with E-state index in [2.05, 4.69) is 6.92 Å². The maximum Gasteiger partial charge on any atom is 0.346 e. The van der Waals surface area contributed by atoms with Gasteiger partial charge in [0.2, 0.25) is 0 Å². The molecule has 0 aromatic heterocycles. The normalized spacial score (nSPS) is 16.5. The van der Waals surface area contributed by atoms with E-state index < -0.39 is 13.3 Å². The molecule has 0 radical (unpaired) electrons. The molecular weight excluding hydrogens is 259 g/mol. The minimum atomic E-state index is -2.97. The van der Waals surface area contributed by atoms with Crippen LogP contribution in [0.5, 0.6) is 0 Å². The SMILES string of the molecule is CCCN(C)P(=O)(OC(C)(C)C)N(C)CCCl. The van der Waals surface area contributed by atoms with Gasteiger partial charge in [0, 0.05) is 19.0 Å². The molecule has 0 saturated carbocycles. The number of rotatable bonds is 7. The third-order valence-corrected chi connectivity index (χ3v) is 5.29. The van der Waals surface area contributed by atoms with Gasteiger partial charge in [-0.1, -0.05) is 6.92 Å². The van der Waals surface area contributed by atoms with Crippen molar-refractivity contribution in [3.05, 3.63) is 0 Å². The first-order valence-electron chi connectivity index (χ1n) is 5.97. The van der Waals surface area contributed by atoms with Crippen molar-refractivity contribution in [3.8, 4) is 0 Å². The van der Waals surface area contributed by atoms with Crippen LogP contribution in [-0.2, 0) is 9.09 Å². The van der Waals surface area contributed by atoms with Crippen LogP contribution in [0.2, 0.25) is 0 Å². The topological polar surface area (TPSA) is 32.8 Å². The summed E-state index contributed by atoms with van der Waals surface area (Å²) in [4.78, 5) is 0. The van der Waals surface area contributed by atoms with Crippen molar-refractivity contribution in [1.82, 2.24) is 9.34 Å². The van der Waals surface area contributed by atoms with E-state index in [4.69, 9.17) is 16.1 Å². The fourth-order valence-electron chi connectivity index (χ4n) is 1.46. The molecule has 1 atom stereocenters. The molecule has 17 heavy (non-hydrogen) atoms. The summed E-state index contributed by atoms with van der Waals surface area (Å²) < 4.78 is 22.3. The Labute approximate surface area is 111 Å². The van der Waals surface area contributed by atoms with Gasteiger partial charge in [-0.25, -0.2) is 9.34 Å². The molecule has 0 aliphatic heterocycles. The molecule has 0 aromatic carbocycles. The fraction of sp³-hybridized carbons (Fsp3) is 1.00. The quantitative estimate of drug-likeness (QED) is 0.530. The lowest BCUT2D eigenvalue weighted by Crippen LogP contribution is -2.34. The van der Waals surface area contributed by atoms with E-state index in [9.17, 15) is 4.57 Å². The van der Waals surface area contributed by atoms with Crippen molar-refractivity contribution < 1.29 is 9.09 Å². The Morgan fingerprint density at radius 2 is 1.65 bits per heavy atom. The highest BCUT2D eigenvalue weighted by atomic mass is 35.5. The molecule has 104 valence electrons. The van der Waals surface area contributed by atoms with E-state index in [-0.39, 0.29) is 0 Å². The second-order valence-electron chi connectivity index (χ2n) is 5.15. The van der Waals surface area contributed by atoms with E-state index in [1.165, 1.54) is 0 Å². The van der Waals surface area contributed by atoms with Gasteiger partial charge in [-0.15, -0.1) is 11.6 Å². The largest absolute Gasteiger partial charge is 0.346 e. The number of hydrogen-bond donors (Lipinski definition) is 0. The van der Waals surface area contributed by atoms with E-state index in [0.717, 1.165) is 13.0 Å². The number of halogens is 1. The summed E-state index contributed by atoms with van der Waals surface area (Å²) in [5.74, 6) is 0.438. The Bertz CT molecular complexity index is 253. The van der Waals surface area contributed by atoms with Crippen molar-refractivity contribution in [2.24, 2.45) is 0 Å². The standard InChI is InChI=1S/C11H26ClN2O2P/c1-7-9-13(5)17(15,14(6)10-8-12)16-11(2,3)4/h7-10H2,1-6H3. The molecule has 0 aliphatic carbocycles. The Kier molecular flexibility index (Phi) is 7.27. The van der Waals surface area contributed by atoms with Crippen LogP contribution < -0.4 is 0 Å². The van der Waals surface area contributed by atoms with Crippen LogP contribution in [0.4, 0.5) is 0 Å². The number of nitrogens with zero attached hydrogens (tertiary/aromatic N) is 2. The van der Waals surface area contributed by atoms with Crippen LogP contribution in [0.3, 0.4) is 0 Å². The van der Waals surface area contributed by atoms with E-state index >= 15 is 0 Å². The summed E-state index contributed by atoms with van der Waals surface area (Å²) in [6.45, 7) is 9.07. The average molecular weight is 285 g/mol. The molecule has 0 heterocycles. The Morgan fingerprint density at radius 1 is 1.18 bits per heavy atom. The summed E-state index contributed by atoms with van der Waals surface area (Å²) in [5.41, 5.74) is -0.446. The number of hydrogen-bond acceptors (Lipinski definition) is 2. The molecule has 0 spiro atoms. The van der Waals surface area contributed by atoms with Crippen molar-refractivity contribution >= 4 is 19.3 Å². The lowest BCUT2D eigenvalue weighted by Gasteiger charge is -2.38. The monoisotopic (exact) mass is 284 g/mol. The zero-order valence-electron chi connectivity index (χ0n) is 11.9. The van der Waals surface area contributed by atoms with Crippen LogP contribution in [-0.4, -0.2) is 48.0 Å². The first kappa shape index (κ1) is 17.4. The Hall–Kier alpha value is 0.400. The summed E-state index contributed by atoms with van der Waals surface area (Å²) >= 11 is 5.72. The highest BCUT2D eigenvalue weighted by Crippen LogP contribution is 2.55. The van der Waals surface area contributed by atoms with Gasteiger partial charge in [0.25, 0.3) is 0 Å². The van der Waals surface area contributed by atoms with Gasteiger partial charge < -0.3 is 4.52 Å².